The molecule has 0 rings (SSSR count). The number of nitrogens with zero attached hydrogens (tertiary/aromatic N) is 1. The lowest BCUT2D eigenvalue weighted by Crippen LogP contribution is -2.09. The Labute approximate surface area is 68.2 Å². The molecule has 2 heteroatoms. The van der Waals surface area contributed by atoms with Crippen LogP contribution < -0.4 is 5.73 Å². The molecule has 0 aromatic rings. The monoisotopic (exact) mass is 150 g/mol. The lowest BCUT2D eigenvalue weighted by molar-refractivity contribution is 1.17. The van der Waals surface area contributed by atoms with Gasteiger partial charge in [-0.3, -0.25) is 0 Å². The minimum atomic E-state index is 0.586. The summed E-state index contributed by atoms with van der Waals surface area (Å²) in [5, 5.41) is 0. The first-order valence-electron chi connectivity index (χ1n) is 3.74. The third-order valence-electron chi connectivity index (χ3n) is 1.17. The number of rotatable bonds is 3. The molecule has 0 fully saturated rings. The Morgan fingerprint density at radius 2 is 2.27 bits per heavy atom. The lowest BCUT2D eigenvalue weighted by Gasteiger charge is -1.94. The zero-order valence-corrected chi connectivity index (χ0v) is 7.09. The molecule has 2 nitrogen and oxygen atoms in total. The van der Waals surface area contributed by atoms with Gasteiger partial charge >= 0.3 is 0 Å². The molecule has 0 aliphatic heterocycles. The predicted molar refractivity (Wildman–Crippen MR) is 49.1 cm³/mol. The average Bonchev–Trinajstić information content (AvgIpc) is 2.03. The minimum Gasteiger partial charge on any atom is -0.387 e. The Kier molecular flexibility index (Phi) is 4.93. The summed E-state index contributed by atoms with van der Waals surface area (Å²) >= 11 is 0. The highest BCUT2D eigenvalue weighted by Gasteiger charge is 1.88. The van der Waals surface area contributed by atoms with Gasteiger partial charge in [-0.2, -0.15) is 0 Å². The van der Waals surface area contributed by atoms with E-state index in [1.165, 1.54) is 0 Å². The second-order valence-electron chi connectivity index (χ2n) is 2.10. The molecule has 0 aliphatic rings. The van der Waals surface area contributed by atoms with E-state index in [1.54, 1.807) is 0 Å². The zero-order chi connectivity index (χ0) is 8.69. The summed E-state index contributed by atoms with van der Waals surface area (Å²) in [6, 6.07) is 0. The van der Waals surface area contributed by atoms with Crippen molar-refractivity contribution in [3.05, 3.63) is 11.8 Å². The third-order valence-corrected chi connectivity index (χ3v) is 1.17. The van der Waals surface area contributed by atoms with Crippen molar-refractivity contribution in [2.75, 3.05) is 0 Å². The van der Waals surface area contributed by atoms with E-state index in [-0.39, 0.29) is 0 Å². The van der Waals surface area contributed by atoms with E-state index >= 15 is 0 Å². The molecule has 0 radical (unpaired) electrons. The van der Waals surface area contributed by atoms with Crippen molar-refractivity contribution in [1.82, 2.24) is 0 Å². The Morgan fingerprint density at radius 3 is 2.64 bits per heavy atom. The van der Waals surface area contributed by atoms with Crippen molar-refractivity contribution in [2.24, 2.45) is 10.7 Å². The fraction of sp³-hybridized carbons (Fsp3) is 0.444. The van der Waals surface area contributed by atoms with Crippen molar-refractivity contribution >= 4 is 5.84 Å². The number of hydrogen-bond donors (Lipinski definition) is 1. The molecular weight excluding hydrogens is 136 g/mol. The summed E-state index contributed by atoms with van der Waals surface area (Å²) in [6.45, 7) is 3.95. The van der Waals surface area contributed by atoms with E-state index in [4.69, 9.17) is 12.2 Å². The maximum atomic E-state index is 5.49. The van der Waals surface area contributed by atoms with E-state index in [0.717, 1.165) is 12.8 Å². The second-order valence-corrected chi connectivity index (χ2v) is 2.10. The number of hydrogen-bond acceptors (Lipinski definition) is 1. The average molecular weight is 150 g/mol. The van der Waals surface area contributed by atoms with Crippen LogP contribution in [0.2, 0.25) is 0 Å². The fourth-order valence-corrected chi connectivity index (χ4v) is 0.564. The Balaban J connectivity index is 4.33. The molecule has 60 valence electrons. The molecule has 0 aromatic carbocycles. The van der Waals surface area contributed by atoms with Crippen molar-refractivity contribution < 1.29 is 0 Å². The van der Waals surface area contributed by atoms with Gasteiger partial charge in [0.2, 0.25) is 0 Å². The third kappa shape index (κ3) is 4.21. The lowest BCUT2D eigenvalue weighted by atomic mass is 10.3. The van der Waals surface area contributed by atoms with Crippen LogP contribution in [0.3, 0.4) is 0 Å². The first kappa shape index (κ1) is 9.77. The van der Waals surface area contributed by atoms with E-state index in [0.29, 0.717) is 11.5 Å². The summed E-state index contributed by atoms with van der Waals surface area (Å²) in [6.07, 6.45) is 8.69. The largest absolute Gasteiger partial charge is 0.387 e. The van der Waals surface area contributed by atoms with Crippen LogP contribution in [0.1, 0.15) is 26.7 Å². The van der Waals surface area contributed by atoms with Crippen LogP contribution in [0, 0.1) is 12.3 Å². The van der Waals surface area contributed by atoms with Gasteiger partial charge < -0.3 is 5.73 Å². The van der Waals surface area contributed by atoms with E-state index in [9.17, 15) is 0 Å². The summed E-state index contributed by atoms with van der Waals surface area (Å²) in [5.74, 6) is 3.05. The maximum absolute atomic E-state index is 5.49. The molecule has 0 amide bonds. The predicted octanol–water partition coefficient (Wildman–Crippen LogP) is 1.68. The SMILES string of the molecule is C#C/C(=C/CC)N=C(N)CC. The van der Waals surface area contributed by atoms with E-state index in [2.05, 4.69) is 10.9 Å². The van der Waals surface area contributed by atoms with Gasteiger partial charge in [0.05, 0.1) is 0 Å². The molecule has 0 atom stereocenters. The number of nitrogens with two attached hydrogens (primary N) is 1. The van der Waals surface area contributed by atoms with Crippen LogP contribution in [0.5, 0.6) is 0 Å². The normalized spacial score (nSPS) is 12.8. The van der Waals surface area contributed by atoms with Crippen LogP contribution in [0.15, 0.2) is 16.8 Å². The van der Waals surface area contributed by atoms with Crippen LogP contribution in [-0.4, -0.2) is 5.84 Å². The van der Waals surface area contributed by atoms with Gasteiger partial charge in [0.15, 0.2) is 0 Å². The molecule has 0 saturated carbocycles. The van der Waals surface area contributed by atoms with Gasteiger partial charge in [-0.25, -0.2) is 4.99 Å². The van der Waals surface area contributed by atoms with Crippen LogP contribution in [0.4, 0.5) is 0 Å². The molecular formula is C9H14N2. The highest BCUT2D eigenvalue weighted by Crippen LogP contribution is 1.97. The van der Waals surface area contributed by atoms with Crippen molar-refractivity contribution in [3.8, 4) is 12.3 Å². The van der Waals surface area contributed by atoms with Gasteiger partial charge in [0.1, 0.15) is 11.5 Å². The zero-order valence-electron chi connectivity index (χ0n) is 7.09. The van der Waals surface area contributed by atoms with E-state index < -0.39 is 0 Å². The quantitative estimate of drug-likeness (QED) is 0.371. The molecule has 0 heterocycles. The van der Waals surface area contributed by atoms with Gasteiger partial charge in [-0.1, -0.05) is 25.8 Å². The van der Waals surface area contributed by atoms with Crippen molar-refractivity contribution in [1.29, 1.82) is 0 Å². The van der Waals surface area contributed by atoms with Crippen LogP contribution in [0.25, 0.3) is 0 Å². The Morgan fingerprint density at radius 1 is 1.64 bits per heavy atom. The molecule has 11 heavy (non-hydrogen) atoms. The van der Waals surface area contributed by atoms with Gasteiger partial charge in [0, 0.05) is 6.42 Å². The Hall–Kier alpha value is -1.23. The van der Waals surface area contributed by atoms with E-state index in [1.807, 2.05) is 19.9 Å². The highest BCUT2D eigenvalue weighted by molar-refractivity contribution is 5.81. The fourth-order valence-electron chi connectivity index (χ4n) is 0.564. The summed E-state index contributed by atoms with van der Waals surface area (Å²) < 4.78 is 0. The second kappa shape index (κ2) is 5.55. The Bertz CT molecular complexity index is 206. The molecule has 2 N–H and O–H groups in total. The molecule has 0 bridgehead atoms. The van der Waals surface area contributed by atoms with Crippen LogP contribution >= 0.6 is 0 Å². The smallest absolute Gasteiger partial charge is 0.110 e. The van der Waals surface area contributed by atoms with Gasteiger partial charge in [-0.05, 0) is 6.42 Å². The highest BCUT2D eigenvalue weighted by atomic mass is 14.9. The molecule has 0 saturated heterocycles. The molecule has 0 aliphatic carbocycles. The molecule has 0 spiro atoms. The number of aliphatic imine (C=N–C) groups is 1. The molecule has 0 aromatic heterocycles. The topological polar surface area (TPSA) is 38.4 Å². The summed E-state index contributed by atoms with van der Waals surface area (Å²) in [7, 11) is 0. The minimum absolute atomic E-state index is 0.586. The first-order chi connectivity index (χ1) is 5.24. The number of terminal acetylenes is 1. The number of allylic oxidation sites excluding steroid dienone is 2. The van der Waals surface area contributed by atoms with Gasteiger partial charge in [-0.15, -0.1) is 6.42 Å². The standard InChI is InChI=1S/C9H14N2/c1-4-7-8(5-2)11-9(10)6-3/h2,7H,4,6H2,1,3H3,(H2,10,11)/b8-7-. The van der Waals surface area contributed by atoms with Gasteiger partial charge in [0.25, 0.3) is 0 Å². The molecule has 0 unspecified atom stereocenters. The maximum Gasteiger partial charge on any atom is 0.110 e. The van der Waals surface area contributed by atoms with Crippen molar-refractivity contribution in [2.45, 2.75) is 26.7 Å². The van der Waals surface area contributed by atoms with Crippen molar-refractivity contribution in [3.63, 3.8) is 0 Å². The summed E-state index contributed by atoms with van der Waals surface area (Å²) in [4.78, 5) is 4.02. The number of amidine groups is 1. The first-order valence-corrected chi connectivity index (χ1v) is 3.74. The van der Waals surface area contributed by atoms with Crippen LogP contribution in [-0.2, 0) is 0 Å². The summed E-state index contributed by atoms with van der Waals surface area (Å²) in [5.41, 5.74) is 6.12.